The Morgan fingerprint density at radius 2 is 2.38 bits per heavy atom. The summed E-state index contributed by atoms with van der Waals surface area (Å²) < 4.78 is 17.2. The Kier molecular flexibility index (Phi) is 2.39. The zero-order valence-corrected chi connectivity index (χ0v) is 9.18. The summed E-state index contributed by atoms with van der Waals surface area (Å²) in [5.41, 5.74) is 7.79. The lowest BCUT2D eigenvalue weighted by molar-refractivity contribution is 0.113. The molecule has 0 unspecified atom stereocenters. The molecule has 0 bridgehead atoms. The Morgan fingerprint density at radius 3 is 3.19 bits per heavy atom. The molecular weight excluding hydrogens is 205 g/mol. The lowest BCUT2D eigenvalue weighted by Gasteiger charge is -2.15. The van der Waals surface area contributed by atoms with E-state index < -0.39 is 0 Å². The van der Waals surface area contributed by atoms with Gasteiger partial charge in [0.05, 0.1) is 12.7 Å². The number of nitrogens with two attached hydrogens (primary N) is 1. The van der Waals surface area contributed by atoms with Crippen LogP contribution in [0.3, 0.4) is 0 Å². The maximum atomic E-state index is 5.80. The molecule has 3 rings (SSSR count). The molecule has 0 saturated heterocycles. The SMILES string of the molecule is C[C@H]1COB2O[C@H](CN)c3cccc(c32)O1. The third-order valence-corrected chi connectivity index (χ3v) is 2.99. The quantitative estimate of drug-likeness (QED) is 0.686. The average molecular weight is 219 g/mol. The van der Waals surface area contributed by atoms with Crippen molar-refractivity contribution >= 4 is 12.6 Å². The third-order valence-electron chi connectivity index (χ3n) is 2.99. The maximum Gasteiger partial charge on any atom is 0.498 e. The van der Waals surface area contributed by atoms with Crippen LogP contribution in [0.15, 0.2) is 18.2 Å². The number of hydrogen-bond donors (Lipinski definition) is 1. The van der Waals surface area contributed by atoms with Crippen molar-refractivity contribution in [2.24, 2.45) is 5.73 Å². The van der Waals surface area contributed by atoms with E-state index in [1.54, 1.807) is 0 Å². The molecule has 2 aliphatic heterocycles. The second-order valence-corrected chi connectivity index (χ2v) is 4.21. The lowest BCUT2D eigenvalue weighted by atomic mass is 9.78. The molecule has 0 fully saturated rings. The second-order valence-electron chi connectivity index (χ2n) is 4.21. The van der Waals surface area contributed by atoms with E-state index in [0.29, 0.717) is 13.2 Å². The third kappa shape index (κ3) is 1.43. The highest BCUT2D eigenvalue weighted by molar-refractivity contribution is 6.64. The van der Waals surface area contributed by atoms with Crippen molar-refractivity contribution in [1.29, 1.82) is 0 Å². The van der Waals surface area contributed by atoms with Crippen molar-refractivity contribution in [1.82, 2.24) is 0 Å². The van der Waals surface area contributed by atoms with Crippen molar-refractivity contribution in [3.05, 3.63) is 23.8 Å². The van der Waals surface area contributed by atoms with Crippen LogP contribution in [0, 0.1) is 0 Å². The summed E-state index contributed by atoms with van der Waals surface area (Å²) in [6, 6.07) is 5.96. The molecular formula is C11H14BNO3. The van der Waals surface area contributed by atoms with Crippen LogP contribution in [-0.4, -0.2) is 26.4 Å². The number of ether oxygens (including phenoxy) is 1. The highest BCUT2D eigenvalue weighted by atomic mass is 16.6. The van der Waals surface area contributed by atoms with Crippen LogP contribution in [0.4, 0.5) is 0 Å². The Labute approximate surface area is 94.8 Å². The predicted molar refractivity (Wildman–Crippen MR) is 60.8 cm³/mol. The molecule has 1 aromatic rings. The number of hydrogen-bond acceptors (Lipinski definition) is 4. The first-order valence-electron chi connectivity index (χ1n) is 5.56. The van der Waals surface area contributed by atoms with E-state index >= 15 is 0 Å². The Morgan fingerprint density at radius 1 is 1.50 bits per heavy atom. The van der Waals surface area contributed by atoms with Gasteiger partial charge in [0, 0.05) is 12.0 Å². The number of rotatable bonds is 1. The van der Waals surface area contributed by atoms with Gasteiger partial charge in [-0.15, -0.1) is 0 Å². The molecule has 1 aromatic carbocycles. The Hall–Kier alpha value is -1.04. The molecule has 0 aliphatic carbocycles. The molecule has 0 spiro atoms. The van der Waals surface area contributed by atoms with Crippen LogP contribution in [-0.2, 0) is 9.31 Å². The molecule has 0 amide bonds. The summed E-state index contributed by atoms with van der Waals surface area (Å²) in [4.78, 5) is 0. The lowest BCUT2D eigenvalue weighted by Crippen LogP contribution is -2.31. The highest BCUT2D eigenvalue weighted by Gasteiger charge is 2.41. The van der Waals surface area contributed by atoms with Gasteiger partial charge in [-0.25, -0.2) is 0 Å². The molecule has 0 radical (unpaired) electrons. The van der Waals surface area contributed by atoms with E-state index in [4.69, 9.17) is 19.8 Å². The summed E-state index contributed by atoms with van der Waals surface area (Å²) in [5.74, 6) is 0.864. The first kappa shape index (κ1) is 10.1. The summed E-state index contributed by atoms with van der Waals surface area (Å²) >= 11 is 0. The minimum Gasteiger partial charge on any atom is -0.489 e. The molecule has 84 valence electrons. The van der Waals surface area contributed by atoms with Gasteiger partial charge < -0.3 is 19.8 Å². The van der Waals surface area contributed by atoms with E-state index in [1.807, 2.05) is 25.1 Å². The second kappa shape index (κ2) is 3.77. The summed E-state index contributed by atoms with van der Waals surface area (Å²) in [6.07, 6.45) is -0.0195. The van der Waals surface area contributed by atoms with Gasteiger partial charge in [0.25, 0.3) is 0 Å². The minimum absolute atomic E-state index is 0.0528. The van der Waals surface area contributed by atoms with Crippen LogP contribution in [0.5, 0.6) is 5.75 Å². The van der Waals surface area contributed by atoms with Gasteiger partial charge in [-0.05, 0) is 18.6 Å². The molecule has 2 aliphatic rings. The van der Waals surface area contributed by atoms with Gasteiger partial charge in [0.2, 0.25) is 0 Å². The monoisotopic (exact) mass is 219 g/mol. The molecule has 0 aromatic heterocycles. The minimum atomic E-state index is -0.315. The van der Waals surface area contributed by atoms with E-state index in [9.17, 15) is 0 Å². The van der Waals surface area contributed by atoms with E-state index in [-0.39, 0.29) is 19.3 Å². The molecule has 2 atom stereocenters. The maximum absolute atomic E-state index is 5.80. The smallest absolute Gasteiger partial charge is 0.489 e. The fraction of sp³-hybridized carbons (Fsp3) is 0.455. The number of benzene rings is 1. The van der Waals surface area contributed by atoms with Crippen LogP contribution < -0.4 is 15.9 Å². The van der Waals surface area contributed by atoms with Gasteiger partial charge in [-0.2, -0.15) is 0 Å². The molecule has 0 saturated carbocycles. The van der Waals surface area contributed by atoms with Crippen molar-refractivity contribution in [3.63, 3.8) is 0 Å². The molecule has 2 heterocycles. The Balaban J connectivity index is 2.09. The average Bonchev–Trinajstić information content (AvgIpc) is 2.57. The fourth-order valence-electron chi connectivity index (χ4n) is 2.27. The molecule has 16 heavy (non-hydrogen) atoms. The van der Waals surface area contributed by atoms with E-state index in [2.05, 4.69) is 0 Å². The molecule has 4 nitrogen and oxygen atoms in total. The Bertz CT molecular complexity index is 412. The first-order chi connectivity index (χ1) is 7.79. The molecule has 5 heteroatoms. The van der Waals surface area contributed by atoms with Gasteiger partial charge in [-0.1, -0.05) is 12.1 Å². The zero-order chi connectivity index (χ0) is 11.1. The standard InChI is InChI=1S/C11H14BNO3/c1-7-6-14-12-11-8(10(5-13)16-12)3-2-4-9(11)15-7/h2-4,7,10H,5-6,13H2,1H3/t7-,10+/m0/s1. The van der Waals surface area contributed by atoms with Gasteiger partial charge in [0.15, 0.2) is 0 Å². The van der Waals surface area contributed by atoms with Crippen molar-refractivity contribution in [2.75, 3.05) is 13.2 Å². The predicted octanol–water partition coefficient (Wildman–Crippen LogP) is 0.209. The highest BCUT2D eigenvalue weighted by Crippen LogP contribution is 2.30. The van der Waals surface area contributed by atoms with Crippen LogP contribution >= 0.6 is 0 Å². The van der Waals surface area contributed by atoms with Crippen molar-refractivity contribution in [3.8, 4) is 5.75 Å². The largest absolute Gasteiger partial charge is 0.498 e. The summed E-state index contributed by atoms with van der Waals surface area (Å²) in [7, 11) is -0.315. The van der Waals surface area contributed by atoms with Crippen LogP contribution in [0.25, 0.3) is 0 Å². The van der Waals surface area contributed by atoms with Crippen LogP contribution in [0.1, 0.15) is 18.6 Å². The summed E-state index contributed by atoms with van der Waals surface area (Å²) in [6.45, 7) is 2.99. The van der Waals surface area contributed by atoms with Gasteiger partial charge >= 0.3 is 7.12 Å². The first-order valence-corrected chi connectivity index (χ1v) is 5.56. The van der Waals surface area contributed by atoms with E-state index in [1.165, 1.54) is 0 Å². The molecule has 2 N–H and O–H groups in total. The normalized spacial score (nSPS) is 27.2. The zero-order valence-electron chi connectivity index (χ0n) is 9.18. The van der Waals surface area contributed by atoms with E-state index in [0.717, 1.165) is 16.8 Å². The van der Waals surface area contributed by atoms with Crippen molar-refractivity contribution in [2.45, 2.75) is 19.1 Å². The van der Waals surface area contributed by atoms with Crippen molar-refractivity contribution < 1.29 is 14.0 Å². The summed E-state index contributed by atoms with van der Waals surface area (Å²) in [5, 5.41) is 0. The van der Waals surface area contributed by atoms with Crippen LogP contribution in [0.2, 0.25) is 0 Å². The topological polar surface area (TPSA) is 53.7 Å². The van der Waals surface area contributed by atoms with Gasteiger partial charge in [0.1, 0.15) is 11.9 Å². The van der Waals surface area contributed by atoms with Gasteiger partial charge in [-0.3, -0.25) is 0 Å². The fourth-order valence-corrected chi connectivity index (χ4v) is 2.27.